The number of unbranched alkanes of at least 4 members (excludes halogenated alkanes) is 20. The van der Waals surface area contributed by atoms with Crippen molar-refractivity contribution in [1.29, 1.82) is 0 Å². The van der Waals surface area contributed by atoms with Gasteiger partial charge in [0, 0.05) is 19.3 Å². The first kappa shape index (κ1) is 55.9. The molecule has 0 aliphatic rings. The first-order valence-electron chi connectivity index (χ1n) is 24.4. The Bertz CT molecular complexity index is 1130. The number of carbonyl (C=O) groups is 3. The lowest BCUT2D eigenvalue weighted by Gasteiger charge is -2.18. The molecule has 0 amide bonds. The normalized spacial score (nSPS) is 12.7. The van der Waals surface area contributed by atoms with Gasteiger partial charge in [-0.15, -0.1) is 0 Å². The van der Waals surface area contributed by atoms with Gasteiger partial charge in [-0.3, -0.25) is 14.4 Å². The van der Waals surface area contributed by atoms with Gasteiger partial charge in [0.2, 0.25) is 0 Å². The van der Waals surface area contributed by atoms with Crippen molar-refractivity contribution in [2.24, 2.45) is 0 Å². The van der Waals surface area contributed by atoms with Crippen LogP contribution >= 0.6 is 0 Å². The van der Waals surface area contributed by atoms with Crippen molar-refractivity contribution in [2.75, 3.05) is 13.2 Å². The first-order valence-corrected chi connectivity index (χ1v) is 24.4. The number of ether oxygens (including phenoxy) is 3. The molecule has 6 nitrogen and oxygen atoms in total. The van der Waals surface area contributed by atoms with Gasteiger partial charge in [0.1, 0.15) is 13.2 Å². The van der Waals surface area contributed by atoms with Crippen LogP contribution in [0.2, 0.25) is 0 Å². The van der Waals surface area contributed by atoms with Gasteiger partial charge in [0.25, 0.3) is 0 Å². The minimum absolute atomic E-state index is 0.0959. The third kappa shape index (κ3) is 45.8. The zero-order valence-electron chi connectivity index (χ0n) is 38.5. The quantitative estimate of drug-likeness (QED) is 0.0264. The summed E-state index contributed by atoms with van der Waals surface area (Å²) >= 11 is 0. The van der Waals surface area contributed by atoms with Crippen molar-refractivity contribution >= 4 is 17.9 Å². The molecule has 1 atom stereocenters. The number of carbonyl (C=O) groups excluding carboxylic acids is 3. The highest BCUT2D eigenvalue weighted by Gasteiger charge is 2.19. The minimum Gasteiger partial charge on any atom is -0.462 e. The molecular weight excluding hydrogens is 733 g/mol. The zero-order valence-corrected chi connectivity index (χ0v) is 38.5. The van der Waals surface area contributed by atoms with Crippen molar-refractivity contribution in [3.05, 3.63) is 72.9 Å². The molecule has 0 heterocycles. The molecule has 0 fully saturated rings. The van der Waals surface area contributed by atoms with E-state index < -0.39 is 6.10 Å². The Kier molecular flexibility index (Phi) is 45.0. The van der Waals surface area contributed by atoms with E-state index in [1.165, 1.54) is 103 Å². The van der Waals surface area contributed by atoms with Gasteiger partial charge < -0.3 is 14.2 Å². The van der Waals surface area contributed by atoms with E-state index in [9.17, 15) is 14.4 Å². The van der Waals surface area contributed by atoms with Crippen LogP contribution in [0.5, 0.6) is 0 Å². The molecule has 0 aliphatic carbocycles. The van der Waals surface area contributed by atoms with Crippen molar-refractivity contribution in [1.82, 2.24) is 0 Å². The summed E-state index contributed by atoms with van der Waals surface area (Å²) in [6, 6.07) is 0. The van der Waals surface area contributed by atoms with Crippen LogP contribution in [-0.4, -0.2) is 37.2 Å². The number of esters is 3. The molecule has 59 heavy (non-hydrogen) atoms. The topological polar surface area (TPSA) is 78.9 Å². The van der Waals surface area contributed by atoms with Crippen LogP contribution in [0.15, 0.2) is 72.9 Å². The monoisotopic (exact) mass is 823 g/mol. The smallest absolute Gasteiger partial charge is 0.306 e. The highest BCUT2D eigenvalue weighted by atomic mass is 16.6. The molecule has 0 unspecified atom stereocenters. The lowest BCUT2D eigenvalue weighted by molar-refractivity contribution is -0.166. The van der Waals surface area contributed by atoms with E-state index in [4.69, 9.17) is 14.2 Å². The Morgan fingerprint density at radius 1 is 0.356 bits per heavy atom. The molecule has 338 valence electrons. The molecular formula is C53H90O6. The average molecular weight is 823 g/mol. The summed E-state index contributed by atoms with van der Waals surface area (Å²) in [5, 5.41) is 0. The largest absolute Gasteiger partial charge is 0.462 e. The maximum Gasteiger partial charge on any atom is 0.306 e. The van der Waals surface area contributed by atoms with Crippen molar-refractivity contribution in [3.63, 3.8) is 0 Å². The highest BCUT2D eigenvalue weighted by molar-refractivity contribution is 5.71. The van der Waals surface area contributed by atoms with Gasteiger partial charge in [-0.1, -0.05) is 222 Å². The van der Waals surface area contributed by atoms with Crippen molar-refractivity contribution in [3.8, 4) is 0 Å². The summed E-state index contributed by atoms with van der Waals surface area (Å²) in [5.41, 5.74) is 0. The Labute approximate surface area is 363 Å². The second-order valence-electron chi connectivity index (χ2n) is 16.0. The fourth-order valence-corrected chi connectivity index (χ4v) is 6.58. The summed E-state index contributed by atoms with van der Waals surface area (Å²) in [4.78, 5) is 37.8. The molecule has 0 N–H and O–H groups in total. The maximum absolute atomic E-state index is 12.7. The summed E-state index contributed by atoms with van der Waals surface area (Å²) in [7, 11) is 0. The third-order valence-corrected chi connectivity index (χ3v) is 10.2. The predicted octanol–water partition coefficient (Wildman–Crippen LogP) is 15.9. The standard InChI is InChI=1S/C53H90O6/c1-4-7-10-13-16-19-22-23-24-25-26-27-28-29-32-34-37-40-43-46-52(55)58-49-50(59-53(56)47-44-41-38-35-31-21-18-15-12-9-6-3)48-57-51(54)45-42-39-36-33-30-20-17-14-11-8-5-2/h7,10,16,19,23-24,26-27,29,32,37,40,50H,4-6,8-9,11-15,17-18,20-22,25,28,30-31,33-36,38-39,41-49H2,1-3H3/b10-7-,19-16-,24-23-,27-26-,32-29-,40-37-/t50-/m0/s1. The number of hydrogen-bond donors (Lipinski definition) is 0. The third-order valence-electron chi connectivity index (χ3n) is 10.2. The summed E-state index contributed by atoms with van der Waals surface area (Å²) in [6.07, 6.45) is 58.9. The van der Waals surface area contributed by atoms with E-state index in [1.807, 2.05) is 6.08 Å². The fourth-order valence-electron chi connectivity index (χ4n) is 6.58. The van der Waals surface area contributed by atoms with E-state index in [-0.39, 0.29) is 37.5 Å². The molecule has 0 aliphatic heterocycles. The molecule has 0 radical (unpaired) electrons. The van der Waals surface area contributed by atoms with Crippen molar-refractivity contribution in [2.45, 2.75) is 232 Å². The summed E-state index contributed by atoms with van der Waals surface area (Å²) in [5.74, 6) is -0.985. The van der Waals surface area contributed by atoms with Crippen LogP contribution in [0, 0.1) is 0 Å². The van der Waals surface area contributed by atoms with Gasteiger partial charge in [-0.2, -0.15) is 0 Å². The molecule has 0 saturated heterocycles. The van der Waals surface area contributed by atoms with E-state index >= 15 is 0 Å². The second-order valence-corrected chi connectivity index (χ2v) is 16.0. The molecule has 0 aromatic carbocycles. The van der Waals surface area contributed by atoms with Gasteiger partial charge in [0.05, 0.1) is 0 Å². The van der Waals surface area contributed by atoms with Crippen LogP contribution < -0.4 is 0 Å². The molecule has 0 spiro atoms. The number of hydrogen-bond acceptors (Lipinski definition) is 6. The summed E-state index contributed by atoms with van der Waals surface area (Å²) < 4.78 is 16.7. The van der Waals surface area contributed by atoms with E-state index in [0.29, 0.717) is 19.3 Å². The summed E-state index contributed by atoms with van der Waals surface area (Å²) in [6.45, 7) is 6.44. The Morgan fingerprint density at radius 3 is 1.03 bits per heavy atom. The lowest BCUT2D eigenvalue weighted by Crippen LogP contribution is -2.30. The molecule has 0 saturated carbocycles. The van der Waals surface area contributed by atoms with Crippen LogP contribution in [-0.2, 0) is 28.6 Å². The minimum atomic E-state index is -0.800. The first-order chi connectivity index (χ1) is 29.0. The van der Waals surface area contributed by atoms with Gasteiger partial charge in [-0.25, -0.2) is 0 Å². The van der Waals surface area contributed by atoms with Crippen LogP contribution in [0.3, 0.4) is 0 Å². The molecule has 0 rings (SSSR count). The number of rotatable bonds is 43. The second kappa shape index (κ2) is 47.5. The Balaban J connectivity index is 4.46. The van der Waals surface area contributed by atoms with Crippen molar-refractivity contribution < 1.29 is 28.6 Å². The molecule has 6 heteroatoms. The Hall–Kier alpha value is -3.15. The molecule has 0 aromatic heterocycles. The van der Waals surface area contributed by atoms with Gasteiger partial charge in [0.15, 0.2) is 6.10 Å². The van der Waals surface area contributed by atoms with Crippen LogP contribution in [0.1, 0.15) is 226 Å². The van der Waals surface area contributed by atoms with E-state index in [2.05, 4.69) is 87.6 Å². The maximum atomic E-state index is 12.7. The predicted molar refractivity (Wildman–Crippen MR) is 251 cm³/mol. The fraction of sp³-hybridized carbons (Fsp3) is 0.717. The van der Waals surface area contributed by atoms with Crippen LogP contribution in [0.25, 0.3) is 0 Å². The Morgan fingerprint density at radius 2 is 0.661 bits per heavy atom. The average Bonchev–Trinajstić information content (AvgIpc) is 3.23. The zero-order chi connectivity index (χ0) is 43.0. The van der Waals surface area contributed by atoms with E-state index in [0.717, 1.165) is 77.0 Å². The highest BCUT2D eigenvalue weighted by Crippen LogP contribution is 2.14. The van der Waals surface area contributed by atoms with Gasteiger partial charge >= 0.3 is 17.9 Å². The molecule has 0 bridgehead atoms. The van der Waals surface area contributed by atoms with Gasteiger partial charge in [-0.05, 0) is 57.8 Å². The van der Waals surface area contributed by atoms with Crippen LogP contribution in [0.4, 0.5) is 0 Å². The number of allylic oxidation sites excluding steroid dienone is 12. The molecule has 0 aromatic rings. The van der Waals surface area contributed by atoms with E-state index in [1.54, 1.807) is 0 Å². The SMILES string of the molecule is CC/C=C\C/C=C\C/C=C\C/C=C\C/C=C\C/C=C\CCC(=O)OC[C@H](COC(=O)CCCCCCCCCCCCC)OC(=O)CCCCCCCCCCCCC. The lowest BCUT2D eigenvalue weighted by atomic mass is 10.1.